The second kappa shape index (κ2) is 4.15. The Balaban J connectivity index is 3.21. The first-order valence-electron chi connectivity index (χ1n) is 5.18. The predicted octanol–water partition coefficient (Wildman–Crippen LogP) is 4.04. The largest absolute Gasteiger partial charge is 0.388 e. The lowest BCUT2D eigenvalue weighted by atomic mass is 9.83. The normalized spacial score (nSPS) is 14.1. The number of aryl methyl sites for hydroxylation is 2. The van der Waals surface area contributed by atoms with E-state index in [9.17, 15) is 5.11 Å². The van der Waals surface area contributed by atoms with Crippen LogP contribution < -0.4 is 0 Å². The highest BCUT2D eigenvalue weighted by atomic mass is 35.5. The van der Waals surface area contributed by atoms with Gasteiger partial charge in [-0.3, -0.25) is 0 Å². The quantitative estimate of drug-likeness (QED) is 0.767. The summed E-state index contributed by atoms with van der Waals surface area (Å²) in [6.07, 6.45) is -0.450. The van der Waals surface area contributed by atoms with Gasteiger partial charge in [0.15, 0.2) is 0 Å². The third kappa shape index (κ3) is 2.73. The molecule has 0 bridgehead atoms. The van der Waals surface area contributed by atoms with Gasteiger partial charge in [0, 0.05) is 5.02 Å². The standard InChI is InChI=1S/C13H19ClO/c1-8-7-11(14)9(2)6-10(8)12(15)13(3,4)5/h6-7,12,15H,1-5H3. The van der Waals surface area contributed by atoms with Gasteiger partial charge in [-0.25, -0.2) is 0 Å². The van der Waals surface area contributed by atoms with Crippen molar-refractivity contribution in [3.8, 4) is 0 Å². The van der Waals surface area contributed by atoms with Gasteiger partial charge in [0.05, 0.1) is 6.10 Å². The molecule has 84 valence electrons. The average Bonchev–Trinajstić information content (AvgIpc) is 2.08. The van der Waals surface area contributed by atoms with Crippen LogP contribution >= 0.6 is 11.6 Å². The minimum atomic E-state index is -0.450. The van der Waals surface area contributed by atoms with E-state index in [1.54, 1.807) is 0 Å². The van der Waals surface area contributed by atoms with Gasteiger partial charge in [0.25, 0.3) is 0 Å². The average molecular weight is 227 g/mol. The predicted molar refractivity (Wildman–Crippen MR) is 65.3 cm³/mol. The van der Waals surface area contributed by atoms with Gasteiger partial charge >= 0.3 is 0 Å². The first-order chi connectivity index (χ1) is 6.73. The van der Waals surface area contributed by atoms with Crippen LogP contribution in [0.4, 0.5) is 0 Å². The zero-order valence-electron chi connectivity index (χ0n) is 10.1. The molecule has 1 aromatic carbocycles. The SMILES string of the molecule is Cc1cc(C(O)C(C)(C)C)c(C)cc1Cl. The molecule has 0 aliphatic carbocycles. The summed E-state index contributed by atoms with van der Waals surface area (Å²) in [5.74, 6) is 0. The Morgan fingerprint density at radius 3 is 2.13 bits per heavy atom. The molecule has 0 fully saturated rings. The number of benzene rings is 1. The van der Waals surface area contributed by atoms with Crippen LogP contribution in [-0.2, 0) is 0 Å². The minimum absolute atomic E-state index is 0.148. The number of hydrogen-bond acceptors (Lipinski definition) is 1. The van der Waals surface area contributed by atoms with E-state index >= 15 is 0 Å². The van der Waals surface area contributed by atoms with Crippen LogP contribution in [0, 0.1) is 19.3 Å². The van der Waals surface area contributed by atoms with Crippen molar-refractivity contribution in [1.82, 2.24) is 0 Å². The molecule has 1 unspecified atom stereocenters. The smallest absolute Gasteiger partial charge is 0.0840 e. The summed E-state index contributed by atoms with van der Waals surface area (Å²) < 4.78 is 0. The van der Waals surface area contributed by atoms with Gasteiger partial charge in [0.2, 0.25) is 0 Å². The molecule has 0 heterocycles. The van der Waals surface area contributed by atoms with E-state index in [0.29, 0.717) is 0 Å². The fourth-order valence-electron chi connectivity index (χ4n) is 1.56. The lowest BCUT2D eigenvalue weighted by Gasteiger charge is -2.27. The lowest BCUT2D eigenvalue weighted by Crippen LogP contribution is -2.18. The summed E-state index contributed by atoms with van der Waals surface area (Å²) >= 11 is 6.02. The fourth-order valence-corrected chi connectivity index (χ4v) is 1.78. The van der Waals surface area contributed by atoms with Crippen molar-refractivity contribution >= 4 is 11.6 Å². The van der Waals surface area contributed by atoms with E-state index in [2.05, 4.69) is 0 Å². The van der Waals surface area contributed by atoms with Gasteiger partial charge < -0.3 is 5.11 Å². The van der Waals surface area contributed by atoms with E-state index in [1.807, 2.05) is 46.8 Å². The van der Waals surface area contributed by atoms with Crippen molar-refractivity contribution in [2.75, 3.05) is 0 Å². The first-order valence-corrected chi connectivity index (χ1v) is 5.56. The Labute approximate surface area is 97.1 Å². The third-order valence-corrected chi connectivity index (χ3v) is 3.07. The van der Waals surface area contributed by atoms with E-state index in [1.165, 1.54) is 0 Å². The van der Waals surface area contributed by atoms with Crippen molar-refractivity contribution in [2.45, 2.75) is 40.7 Å². The van der Waals surface area contributed by atoms with E-state index in [-0.39, 0.29) is 5.41 Å². The molecule has 0 aromatic heterocycles. The van der Waals surface area contributed by atoms with Gasteiger partial charge in [-0.15, -0.1) is 0 Å². The molecular formula is C13H19ClO. The van der Waals surface area contributed by atoms with Gasteiger partial charge in [-0.2, -0.15) is 0 Å². The Bertz CT molecular complexity index is 364. The highest BCUT2D eigenvalue weighted by molar-refractivity contribution is 6.31. The van der Waals surface area contributed by atoms with E-state index < -0.39 is 6.10 Å². The van der Waals surface area contributed by atoms with Crippen molar-refractivity contribution in [3.05, 3.63) is 33.8 Å². The number of aliphatic hydroxyl groups excluding tert-OH is 1. The monoisotopic (exact) mass is 226 g/mol. The van der Waals surface area contributed by atoms with Crippen LogP contribution in [0.1, 0.15) is 43.6 Å². The molecule has 0 saturated carbocycles. The maximum Gasteiger partial charge on any atom is 0.0840 e. The first kappa shape index (κ1) is 12.5. The molecule has 1 aromatic rings. The molecule has 0 aliphatic heterocycles. The number of aliphatic hydroxyl groups is 1. The van der Waals surface area contributed by atoms with E-state index in [4.69, 9.17) is 11.6 Å². The Morgan fingerprint density at radius 1 is 1.13 bits per heavy atom. The maximum absolute atomic E-state index is 10.2. The van der Waals surface area contributed by atoms with Crippen molar-refractivity contribution in [1.29, 1.82) is 0 Å². The summed E-state index contributed by atoms with van der Waals surface area (Å²) in [5.41, 5.74) is 2.89. The van der Waals surface area contributed by atoms with Crippen LogP contribution in [0.25, 0.3) is 0 Å². The van der Waals surface area contributed by atoms with Crippen molar-refractivity contribution in [3.63, 3.8) is 0 Å². The summed E-state index contributed by atoms with van der Waals surface area (Å²) in [5, 5.41) is 11.0. The van der Waals surface area contributed by atoms with Gasteiger partial charge in [-0.05, 0) is 42.0 Å². The summed E-state index contributed by atoms with van der Waals surface area (Å²) in [4.78, 5) is 0. The highest BCUT2D eigenvalue weighted by Crippen LogP contribution is 2.35. The van der Waals surface area contributed by atoms with Crippen molar-refractivity contribution < 1.29 is 5.11 Å². The molecule has 0 aliphatic rings. The van der Waals surface area contributed by atoms with Gasteiger partial charge in [-0.1, -0.05) is 38.4 Å². The van der Waals surface area contributed by atoms with Crippen LogP contribution in [0.15, 0.2) is 12.1 Å². The van der Waals surface area contributed by atoms with Crippen LogP contribution in [0.2, 0.25) is 5.02 Å². The summed E-state index contributed by atoms with van der Waals surface area (Å²) in [7, 11) is 0. The lowest BCUT2D eigenvalue weighted by molar-refractivity contribution is 0.0621. The van der Waals surface area contributed by atoms with Crippen LogP contribution in [0.3, 0.4) is 0 Å². The maximum atomic E-state index is 10.2. The topological polar surface area (TPSA) is 20.2 Å². The molecule has 15 heavy (non-hydrogen) atoms. The molecule has 1 atom stereocenters. The van der Waals surface area contributed by atoms with Crippen LogP contribution in [0.5, 0.6) is 0 Å². The van der Waals surface area contributed by atoms with Gasteiger partial charge in [0.1, 0.15) is 0 Å². The molecular weight excluding hydrogens is 208 g/mol. The second-order valence-electron chi connectivity index (χ2n) is 5.23. The Morgan fingerprint density at radius 2 is 1.67 bits per heavy atom. The summed E-state index contributed by atoms with van der Waals surface area (Å²) in [6, 6.07) is 3.90. The number of halogens is 1. The Hall–Kier alpha value is -0.530. The molecule has 0 radical (unpaired) electrons. The zero-order valence-corrected chi connectivity index (χ0v) is 10.8. The van der Waals surface area contributed by atoms with Crippen molar-refractivity contribution in [2.24, 2.45) is 5.41 Å². The molecule has 0 saturated heterocycles. The molecule has 1 rings (SSSR count). The molecule has 2 heteroatoms. The second-order valence-corrected chi connectivity index (χ2v) is 5.63. The highest BCUT2D eigenvalue weighted by Gasteiger charge is 2.25. The van der Waals surface area contributed by atoms with E-state index in [0.717, 1.165) is 21.7 Å². The third-order valence-electron chi connectivity index (χ3n) is 2.66. The fraction of sp³-hybridized carbons (Fsp3) is 0.538. The number of rotatable bonds is 1. The molecule has 0 spiro atoms. The summed E-state index contributed by atoms with van der Waals surface area (Å²) in [6.45, 7) is 10.0. The van der Waals surface area contributed by atoms with Crippen LogP contribution in [-0.4, -0.2) is 5.11 Å². The minimum Gasteiger partial charge on any atom is -0.388 e. The number of hydrogen-bond donors (Lipinski definition) is 1. The molecule has 1 N–H and O–H groups in total. The zero-order chi connectivity index (χ0) is 11.8. The molecule has 1 nitrogen and oxygen atoms in total. The molecule has 0 amide bonds. The Kier molecular flexibility index (Phi) is 3.47.